The summed E-state index contributed by atoms with van der Waals surface area (Å²) in [4.78, 5) is 25.7. The molecule has 0 aliphatic heterocycles. The maximum atomic E-state index is 12.6. The van der Waals surface area contributed by atoms with Gasteiger partial charge in [0.2, 0.25) is 0 Å². The first-order valence-corrected chi connectivity index (χ1v) is 10.7. The Balaban J connectivity index is 1.80. The number of aromatic nitrogens is 2. The van der Waals surface area contributed by atoms with Gasteiger partial charge in [-0.15, -0.1) is 11.8 Å². The van der Waals surface area contributed by atoms with E-state index in [-0.39, 0.29) is 5.91 Å². The first-order valence-electron chi connectivity index (χ1n) is 8.64. The van der Waals surface area contributed by atoms with Crippen molar-refractivity contribution in [3.05, 3.63) is 48.7 Å². The molecule has 140 valence electrons. The van der Waals surface area contributed by atoms with Crippen LogP contribution in [-0.2, 0) is 4.79 Å². The topological polar surface area (TPSA) is 58.1 Å². The van der Waals surface area contributed by atoms with Crippen LogP contribution < -0.4 is 10.2 Å². The molecule has 0 spiro atoms. The number of anilines is 2. The van der Waals surface area contributed by atoms with Gasteiger partial charge in [-0.05, 0) is 36.4 Å². The molecule has 0 bridgehead atoms. The molecular weight excluding hydrogens is 376 g/mol. The molecule has 0 atom stereocenters. The van der Waals surface area contributed by atoms with Crippen LogP contribution in [-0.4, -0.2) is 35.7 Å². The molecule has 0 aliphatic carbocycles. The number of carbonyl (C=O) groups is 1. The predicted molar refractivity (Wildman–Crippen MR) is 117 cm³/mol. The number of hydrogen-bond donors (Lipinski definition) is 1. The Hall–Kier alpha value is -2.38. The third kappa shape index (κ3) is 4.31. The molecule has 0 fully saturated rings. The van der Waals surface area contributed by atoms with Crippen molar-refractivity contribution in [2.75, 3.05) is 30.1 Å². The summed E-state index contributed by atoms with van der Waals surface area (Å²) in [6.07, 6.45) is 4.84. The van der Waals surface area contributed by atoms with E-state index in [9.17, 15) is 4.79 Å². The molecule has 1 N–H and O–H groups in total. The third-order valence-corrected chi connectivity index (χ3v) is 5.80. The molecule has 2 aromatic heterocycles. The van der Waals surface area contributed by atoms with E-state index in [1.165, 1.54) is 11.3 Å². The number of fused-ring (bicyclic) bond motifs is 1. The molecule has 2 heterocycles. The smallest absolute Gasteiger partial charge is 0.257 e. The number of thioether (sulfide) groups is 1. The predicted octanol–water partition coefficient (Wildman–Crippen LogP) is 4.91. The highest BCUT2D eigenvalue weighted by atomic mass is 32.2. The quantitative estimate of drug-likeness (QED) is 0.453. The number of thiazole rings is 1. The van der Waals surface area contributed by atoms with Crippen LogP contribution in [0.5, 0.6) is 0 Å². The summed E-state index contributed by atoms with van der Waals surface area (Å²) >= 11 is 3.03. The Morgan fingerprint density at radius 3 is 2.70 bits per heavy atom. The second kappa shape index (κ2) is 8.54. The van der Waals surface area contributed by atoms with E-state index in [0.717, 1.165) is 39.5 Å². The molecule has 3 rings (SSSR count). The maximum absolute atomic E-state index is 12.6. The molecule has 27 heavy (non-hydrogen) atoms. The van der Waals surface area contributed by atoms with Crippen LogP contribution in [0.25, 0.3) is 15.9 Å². The van der Waals surface area contributed by atoms with Crippen LogP contribution in [0.15, 0.2) is 48.0 Å². The fraction of sp³-hybridized carbons (Fsp3) is 0.250. The number of pyridine rings is 1. The van der Waals surface area contributed by atoms with Crippen LogP contribution in [0.4, 0.5) is 10.8 Å². The molecule has 0 unspecified atom stereocenters. The van der Waals surface area contributed by atoms with Gasteiger partial charge < -0.3 is 4.90 Å². The SMILES string of the molecule is C=C(C(=O)Nc1nc2c(N(C)CCC)ccnc2s1)c1ccc(SC)cc1. The van der Waals surface area contributed by atoms with Crippen molar-refractivity contribution in [1.82, 2.24) is 9.97 Å². The fourth-order valence-corrected chi connectivity index (χ4v) is 3.97. The van der Waals surface area contributed by atoms with E-state index in [4.69, 9.17) is 0 Å². The van der Waals surface area contributed by atoms with Gasteiger partial charge in [-0.25, -0.2) is 9.97 Å². The zero-order valence-electron chi connectivity index (χ0n) is 15.7. The molecule has 5 nitrogen and oxygen atoms in total. The van der Waals surface area contributed by atoms with Gasteiger partial charge >= 0.3 is 0 Å². The first kappa shape index (κ1) is 19.4. The molecule has 0 saturated carbocycles. The normalized spacial score (nSPS) is 10.8. The summed E-state index contributed by atoms with van der Waals surface area (Å²) < 4.78 is 0. The Morgan fingerprint density at radius 1 is 1.30 bits per heavy atom. The van der Waals surface area contributed by atoms with Gasteiger partial charge in [0.05, 0.1) is 5.69 Å². The van der Waals surface area contributed by atoms with Crippen LogP contribution in [0.3, 0.4) is 0 Å². The number of rotatable bonds is 7. The van der Waals surface area contributed by atoms with E-state index >= 15 is 0 Å². The highest BCUT2D eigenvalue weighted by Gasteiger charge is 2.16. The van der Waals surface area contributed by atoms with E-state index in [0.29, 0.717) is 10.7 Å². The number of nitrogens with one attached hydrogen (secondary N) is 1. The van der Waals surface area contributed by atoms with Gasteiger partial charge in [0.25, 0.3) is 5.91 Å². The van der Waals surface area contributed by atoms with Gasteiger partial charge in [-0.1, -0.05) is 37.0 Å². The van der Waals surface area contributed by atoms with Crippen LogP contribution in [0.1, 0.15) is 18.9 Å². The summed E-state index contributed by atoms with van der Waals surface area (Å²) in [7, 11) is 2.04. The van der Waals surface area contributed by atoms with Crippen molar-refractivity contribution in [1.29, 1.82) is 0 Å². The van der Waals surface area contributed by atoms with Gasteiger partial charge in [-0.2, -0.15) is 0 Å². The molecule has 0 saturated heterocycles. The summed E-state index contributed by atoms with van der Waals surface area (Å²) in [6.45, 7) is 7.00. The monoisotopic (exact) mass is 398 g/mol. The highest BCUT2D eigenvalue weighted by Crippen LogP contribution is 2.31. The number of amides is 1. The second-order valence-corrected chi connectivity index (χ2v) is 7.94. The van der Waals surface area contributed by atoms with Gasteiger partial charge in [0.1, 0.15) is 10.3 Å². The Morgan fingerprint density at radius 2 is 2.04 bits per heavy atom. The average molecular weight is 399 g/mol. The average Bonchev–Trinajstić information content (AvgIpc) is 3.09. The van der Waals surface area contributed by atoms with Crippen molar-refractivity contribution >= 4 is 55.7 Å². The summed E-state index contributed by atoms with van der Waals surface area (Å²) in [5.41, 5.74) is 3.04. The van der Waals surface area contributed by atoms with Gasteiger partial charge in [0, 0.05) is 30.3 Å². The third-order valence-electron chi connectivity index (χ3n) is 4.18. The van der Waals surface area contributed by atoms with Gasteiger partial charge in [0.15, 0.2) is 5.13 Å². The lowest BCUT2D eigenvalue weighted by molar-refractivity contribution is -0.111. The lowest BCUT2D eigenvalue weighted by atomic mass is 10.1. The first-order chi connectivity index (χ1) is 13.0. The summed E-state index contributed by atoms with van der Waals surface area (Å²) in [5, 5.41) is 3.39. The number of nitrogens with zero attached hydrogens (tertiary/aromatic N) is 3. The number of hydrogen-bond acceptors (Lipinski definition) is 6. The summed E-state index contributed by atoms with van der Waals surface area (Å²) in [5.74, 6) is -0.255. The minimum Gasteiger partial charge on any atom is -0.373 e. The lowest BCUT2D eigenvalue weighted by Gasteiger charge is -2.18. The van der Waals surface area contributed by atoms with Gasteiger partial charge in [-0.3, -0.25) is 10.1 Å². The molecule has 7 heteroatoms. The molecule has 0 radical (unpaired) electrons. The maximum Gasteiger partial charge on any atom is 0.257 e. The van der Waals surface area contributed by atoms with E-state index in [1.54, 1.807) is 18.0 Å². The molecule has 3 aromatic rings. The van der Waals surface area contributed by atoms with E-state index < -0.39 is 0 Å². The lowest BCUT2D eigenvalue weighted by Crippen LogP contribution is -2.18. The van der Waals surface area contributed by atoms with Crippen molar-refractivity contribution in [3.8, 4) is 0 Å². The second-order valence-electron chi connectivity index (χ2n) is 6.09. The highest BCUT2D eigenvalue weighted by molar-refractivity contribution is 7.98. The van der Waals surface area contributed by atoms with Crippen LogP contribution in [0, 0.1) is 0 Å². The molecule has 1 amide bonds. The Kier molecular flexibility index (Phi) is 6.13. The number of carbonyl (C=O) groups excluding carboxylic acids is 1. The minimum atomic E-state index is -0.255. The summed E-state index contributed by atoms with van der Waals surface area (Å²) in [6, 6.07) is 9.73. The van der Waals surface area contributed by atoms with E-state index in [1.807, 2.05) is 43.6 Å². The zero-order chi connectivity index (χ0) is 19.4. The molecule has 0 aliphatic rings. The molecular formula is C20H22N4OS2. The number of benzene rings is 1. The van der Waals surface area contributed by atoms with Crippen LogP contribution in [0.2, 0.25) is 0 Å². The largest absolute Gasteiger partial charge is 0.373 e. The Bertz CT molecular complexity index is 966. The minimum absolute atomic E-state index is 0.255. The van der Waals surface area contributed by atoms with Crippen molar-refractivity contribution < 1.29 is 4.79 Å². The molecule has 1 aromatic carbocycles. The van der Waals surface area contributed by atoms with Crippen molar-refractivity contribution in [3.63, 3.8) is 0 Å². The Labute approximate surface area is 167 Å². The van der Waals surface area contributed by atoms with Crippen LogP contribution >= 0.6 is 23.1 Å². The van der Waals surface area contributed by atoms with Crippen molar-refractivity contribution in [2.24, 2.45) is 0 Å². The zero-order valence-corrected chi connectivity index (χ0v) is 17.3. The van der Waals surface area contributed by atoms with Crippen molar-refractivity contribution in [2.45, 2.75) is 18.2 Å². The van der Waals surface area contributed by atoms with E-state index in [2.05, 4.69) is 33.7 Å². The fourth-order valence-electron chi connectivity index (χ4n) is 2.73. The standard InChI is InChI=1S/C20H22N4OS2/c1-5-12-24(3)16-10-11-21-19-17(16)22-20(27-19)23-18(25)13(2)14-6-8-15(26-4)9-7-14/h6-11H,2,5,12H2,1,3-4H3,(H,22,23,25).